The lowest BCUT2D eigenvalue weighted by Crippen LogP contribution is -2.38. The number of methoxy groups -OCH3 is 1. The van der Waals surface area contributed by atoms with E-state index in [1.807, 2.05) is 18.2 Å². The zero-order valence-electron chi connectivity index (χ0n) is 15.6. The van der Waals surface area contributed by atoms with Crippen LogP contribution in [0.1, 0.15) is 44.6 Å². The van der Waals surface area contributed by atoms with Gasteiger partial charge in [0.25, 0.3) is 0 Å². The molecule has 25 heavy (non-hydrogen) atoms. The summed E-state index contributed by atoms with van der Waals surface area (Å²) in [5.74, 6) is 0.949. The number of nitrogens with one attached hydrogen (secondary N) is 1. The monoisotopic (exact) mass is 342 g/mol. The van der Waals surface area contributed by atoms with Crippen molar-refractivity contribution in [3.63, 3.8) is 0 Å². The van der Waals surface area contributed by atoms with Gasteiger partial charge in [-0.3, -0.25) is 9.69 Å². The van der Waals surface area contributed by atoms with Gasteiger partial charge < -0.3 is 10.1 Å². The third-order valence-electron chi connectivity index (χ3n) is 5.73. The van der Waals surface area contributed by atoms with Crippen LogP contribution in [0.5, 0.6) is 5.75 Å². The van der Waals surface area contributed by atoms with E-state index in [2.05, 4.69) is 36.3 Å². The van der Waals surface area contributed by atoms with Gasteiger partial charge in [-0.2, -0.15) is 0 Å². The summed E-state index contributed by atoms with van der Waals surface area (Å²) in [5, 5.41) is 3.13. The molecular formula is C21H30N2O2. The van der Waals surface area contributed by atoms with Crippen LogP contribution >= 0.6 is 0 Å². The first-order valence-electron chi connectivity index (χ1n) is 9.40. The van der Waals surface area contributed by atoms with Crippen LogP contribution in [0.4, 0.5) is 0 Å². The summed E-state index contributed by atoms with van der Waals surface area (Å²) in [6.45, 7) is 2.08. The van der Waals surface area contributed by atoms with E-state index in [1.165, 1.54) is 24.0 Å². The molecule has 2 bridgehead atoms. The van der Waals surface area contributed by atoms with Crippen molar-refractivity contribution in [3.8, 4) is 5.75 Å². The molecule has 4 nitrogen and oxygen atoms in total. The van der Waals surface area contributed by atoms with Crippen LogP contribution in [-0.2, 0) is 11.2 Å². The number of carbonyl (C=O) groups excluding carboxylic acids is 1. The molecule has 3 atom stereocenters. The summed E-state index contributed by atoms with van der Waals surface area (Å²) in [7, 11) is 3.90. The van der Waals surface area contributed by atoms with E-state index >= 15 is 0 Å². The number of benzene rings is 1. The number of nitrogens with zero attached hydrogens (tertiary/aromatic N) is 1. The standard InChI is InChI=1S/C21H30N2O2/c1-15(4-5-16-6-10-20(25-3)11-7-16)22-21(24)14-17-12-18-8-9-19(13-17)23(18)2/h6-7,10-11,14-15,18-19H,4-5,8-9,12-13H2,1-3H3,(H,22,24)/t15-,18-,19+/m1/s1. The number of piperidine rings is 1. The largest absolute Gasteiger partial charge is 0.497 e. The van der Waals surface area contributed by atoms with Gasteiger partial charge >= 0.3 is 0 Å². The van der Waals surface area contributed by atoms with Crippen LogP contribution in [0, 0.1) is 0 Å². The third-order valence-corrected chi connectivity index (χ3v) is 5.73. The molecule has 0 radical (unpaired) electrons. The van der Waals surface area contributed by atoms with Gasteiger partial charge in [0.2, 0.25) is 5.91 Å². The Morgan fingerprint density at radius 3 is 2.52 bits per heavy atom. The molecule has 0 aromatic heterocycles. The fourth-order valence-corrected chi connectivity index (χ4v) is 4.11. The van der Waals surface area contributed by atoms with Gasteiger partial charge in [0.05, 0.1) is 7.11 Å². The first-order valence-corrected chi connectivity index (χ1v) is 9.40. The summed E-state index contributed by atoms with van der Waals surface area (Å²) in [5.41, 5.74) is 2.60. The van der Waals surface area contributed by atoms with Crippen molar-refractivity contribution in [2.24, 2.45) is 0 Å². The zero-order chi connectivity index (χ0) is 17.8. The van der Waals surface area contributed by atoms with Crippen LogP contribution in [0.15, 0.2) is 35.9 Å². The smallest absolute Gasteiger partial charge is 0.244 e. The second kappa shape index (κ2) is 8.05. The van der Waals surface area contributed by atoms with Gasteiger partial charge in [0, 0.05) is 24.2 Å². The predicted molar refractivity (Wildman–Crippen MR) is 101 cm³/mol. The Morgan fingerprint density at radius 1 is 1.28 bits per heavy atom. The molecule has 2 saturated heterocycles. The number of hydrogen-bond acceptors (Lipinski definition) is 3. The predicted octanol–water partition coefficient (Wildman–Crippen LogP) is 3.32. The third kappa shape index (κ3) is 4.63. The number of ether oxygens (including phenoxy) is 1. The van der Waals surface area contributed by atoms with E-state index in [4.69, 9.17) is 4.74 Å². The lowest BCUT2D eigenvalue weighted by atomic mass is 9.97. The molecule has 3 rings (SSSR count). The highest BCUT2D eigenvalue weighted by atomic mass is 16.5. The molecule has 0 aliphatic carbocycles. The quantitative estimate of drug-likeness (QED) is 0.807. The molecule has 1 aromatic carbocycles. The topological polar surface area (TPSA) is 41.6 Å². The van der Waals surface area contributed by atoms with Gasteiger partial charge in [-0.15, -0.1) is 0 Å². The number of hydrogen-bond donors (Lipinski definition) is 1. The Labute approximate surface area is 151 Å². The van der Waals surface area contributed by atoms with E-state index in [0.717, 1.165) is 31.4 Å². The van der Waals surface area contributed by atoms with Crippen molar-refractivity contribution in [1.82, 2.24) is 10.2 Å². The molecule has 2 heterocycles. The van der Waals surface area contributed by atoms with Crippen LogP contribution in [-0.4, -0.2) is 43.1 Å². The highest BCUT2D eigenvalue weighted by Gasteiger charge is 2.35. The molecule has 0 spiro atoms. The molecule has 4 heteroatoms. The zero-order valence-corrected chi connectivity index (χ0v) is 15.6. The molecule has 2 aliphatic heterocycles. The molecular weight excluding hydrogens is 312 g/mol. The molecule has 2 fully saturated rings. The second-order valence-corrected chi connectivity index (χ2v) is 7.56. The van der Waals surface area contributed by atoms with Gasteiger partial charge in [0.15, 0.2) is 0 Å². The van der Waals surface area contributed by atoms with E-state index in [9.17, 15) is 4.79 Å². The number of amides is 1. The van der Waals surface area contributed by atoms with Crippen molar-refractivity contribution in [2.45, 2.75) is 63.6 Å². The minimum atomic E-state index is 0.0705. The summed E-state index contributed by atoms with van der Waals surface area (Å²) in [6.07, 6.45) is 8.42. The Morgan fingerprint density at radius 2 is 1.92 bits per heavy atom. The van der Waals surface area contributed by atoms with Crippen molar-refractivity contribution < 1.29 is 9.53 Å². The van der Waals surface area contributed by atoms with Gasteiger partial charge in [-0.25, -0.2) is 0 Å². The van der Waals surface area contributed by atoms with E-state index in [0.29, 0.717) is 12.1 Å². The van der Waals surface area contributed by atoms with Crippen LogP contribution < -0.4 is 10.1 Å². The van der Waals surface area contributed by atoms with Crippen molar-refractivity contribution in [2.75, 3.05) is 14.2 Å². The van der Waals surface area contributed by atoms with E-state index in [-0.39, 0.29) is 11.9 Å². The normalized spacial score (nSPS) is 25.8. The van der Waals surface area contributed by atoms with Crippen LogP contribution in [0.3, 0.4) is 0 Å². The van der Waals surface area contributed by atoms with E-state index in [1.54, 1.807) is 7.11 Å². The van der Waals surface area contributed by atoms with E-state index < -0.39 is 0 Å². The highest BCUT2D eigenvalue weighted by molar-refractivity contribution is 5.88. The van der Waals surface area contributed by atoms with Gasteiger partial charge in [-0.1, -0.05) is 17.7 Å². The summed E-state index contributed by atoms with van der Waals surface area (Å²) < 4.78 is 5.18. The van der Waals surface area contributed by atoms with Gasteiger partial charge in [-0.05, 0) is 70.2 Å². The summed E-state index contributed by atoms with van der Waals surface area (Å²) in [6, 6.07) is 9.60. The fourth-order valence-electron chi connectivity index (χ4n) is 4.11. The SMILES string of the molecule is COc1ccc(CC[C@@H](C)NC(=O)C=C2C[C@H]3CC[C@@H](C2)N3C)cc1. The maximum Gasteiger partial charge on any atom is 0.244 e. The molecule has 136 valence electrons. The highest BCUT2D eigenvalue weighted by Crippen LogP contribution is 2.36. The summed E-state index contributed by atoms with van der Waals surface area (Å²) in [4.78, 5) is 14.8. The number of carbonyl (C=O) groups is 1. The number of fused-ring (bicyclic) bond motifs is 2. The maximum atomic E-state index is 12.3. The molecule has 1 amide bonds. The lowest BCUT2D eigenvalue weighted by Gasteiger charge is -2.32. The van der Waals surface area contributed by atoms with Crippen molar-refractivity contribution >= 4 is 5.91 Å². The minimum Gasteiger partial charge on any atom is -0.497 e. The van der Waals surface area contributed by atoms with Crippen LogP contribution in [0.25, 0.3) is 0 Å². The Hall–Kier alpha value is -1.81. The maximum absolute atomic E-state index is 12.3. The molecule has 0 saturated carbocycles. The molecule has 1 N–H and O–H groups in total. The average Bonchev–Trinajstić information content (AvgIpc) is 2.82. The van der Waals surface area contributed by atoms with Gasteiger partial charge in [0.1, 0.15) is 5.75 Å². The Bertz CT molecular complexity index is 607. The second-order valence-electron chi connectivity index (χ2n) is 7.56. The average molecular weight is 342 g/mol. The lowest BCUT2D eigenvalue weighted by molar-refractivity contribution is -0.117. The number of rotatable bonds is 6. The first-order chi connectivity index (χ1) is 12.0. The minimum absolute atomic E-state index is 0.0705. The first kappa shape index (κ1) is 18.0. The fraction of sp³-hybridized carbons (Fsp3) is 0.571. The Kier molecular flexibility index (Phi) is 5.79. The molecule has 1 aromatic rings. The summed E-state index contributed by atoms with van der Waals surface area (Å²) >= 11 is 0. The Balaban J connectivity index is 1.45. The number of aryl methyl sites for hydroxylation is 1. The van der Waals surface area contributed by atoms with Crippen molar-refractivity contribution in [1.29, 1.82) is 0 Å². The molecule has 2 aliphatic rings. The van der Waals surface area contributed by atoms with Crippen LogP contribution in [0.2, 0.25) is 0 Å². The molecule has 0 unspecified atom stereocenters. The van der Waals surface area contributed by atoms with Crippen molar-refractivity contribution in [3.05, 3.63) is 41.5 Å².